The van der Waals surface area contributed by atoms with Gasteiger partial charge in [0, 0.05) is 23.7 Å². The summed E-state index contributed by atoms with van der Waals surface area (Å²) in [7, 11) is 0. The Bertz CT molecular complexity index is 266. The lowest BCUT2D eigenvalue weighted by atomic mass is 10.0. The molecule has 0 saturated heterocycles. The monoisotopic (exact) mass is 194 g/mol. The molecule has 0 amide bonds. The van der Waals surface area contributed by atoms with Crippen molar-refractivity contribution in [3.05, 3.63) is 28.7 Å². The molecule has 2 rings (SSSR count). The van der Waals surface area contributed by atoms with Crippen molar-refractivity contribution in [2.24, 2.45) is 0 Å². The van der Waals surface area contributed by atoms with Crippen LogP contribution in [0.3, 0.4) is 0 Å². The highest BCUT2D eigenvalue weighted by Crippen LogP contribution is 2.12. The second-order valence-corrected chi connectivity index (χ2v) is 4.30. The highest BCUT2D eigenvalue weighted by molar-refractivity contribution is 7.09. The molecule has 1 aromatic heterocycles. The SMILES string of the molecule is C1=CCC(NCc2cncs2)CC1. The first-order valence-electron chi connectivity index (χ1n) is 4.71. The Morgan fingerprint density at radius 1 is 1.54 bits per heavy atom. The summed E-state index contributed by atoms with van der Waals surface area (Å²) in [5, 5.41) is 3.54. The van der Waals surface area contributed by atoms with Crippen molar-refractivity contribution in [1.29, 1.82) is 0 Å². The van der Waals surface area contributed by atoms with Crippen molar-refractivity contribution in [2.75, 3.05) is 0 Å². The van der Waals surface area contributed by atoms with Gasteiger partial charge in [-0.25, -0.2) is 0 Å². The molecule has 0 fully saturated rings. The van der Waals surface area contributed by atoms with Crippen LogP contribution in [0.15, 0.2) is 23.9 Å². The van der Waals surface area contributed by atoms with Crippen molar-refractivity contribution in [2.45, 2.75) is 31.8 Å². The van der Waals surface area contributed by atoms with E-state index in [4.69, 9.17) is 0 Å². The predicted octanol–water partition coefficient (Wildman–Crippen LogP) is 2.34. The zero-order chi connectivity index (χ0) is 8.93. The van der Waals surface area contributed by atoms with Gasteiger partial charge in [0.15, 0.2) is 0 Å². The summed E-state index contributed by atoms with van der Waals surface area (Å²) >= 11 is 1.72. The predicted molar refractivity (Wildman–Crippen MR) is 55.7 cm³/mol. The lowest BCUT2D eigenvalue weighted by Crippen LogP contribution is -2.28. The smallest absolute Gasteiger partial charge is 0.0794 e. The number of aromatic nitrogens is 1. The van der Waals surface area contributed by atoms with Gasteiger partial charge in [0.1, 0.15) is 0 Å². The molecular formula is C10H14N2S. The van der Waals surface area contributed by atoms with Gasteiger partial charge < -0.3 is 5.32 Å². The number of hydrogen-bond donors (Lipinski definition) is 1. The fourth-order valence-electron chi connectivity index (χ4n) is 1.55. The summed E-state index contributed by atoms with van der Waals surface area (Å²) < 4.78 is 0. The van der Waals surface area contributed by atoms with Gasteiger partial charge in [0.05, 0.1) is 5.51 Å². The first-order valence-corrected chi connectivity index (χ1v) is 5.59. The Morgan fingerprint density at radius 3 is 3.23 bits per heavy atom. The zero-order valence-corrected chi connectivity index (χ0v) is 8.39. The molecule has 1 unspecified atom stereocenters. The van der Waals surface area contributed by atoms with E-state index in [2.05, 4.69) is 22.5 Å². The molecule has 1 aromatic rings. The van der Waals surface area contributed by atoms with Crippen molar-refractivity contribution in [1.82, 2.24) is 10.3 Å². The van der Waals surface area contributed by atoms with Gasteiger partial charge in [-0.3, -0.25) is 4.98 Å². The third-order valence-electron chi connectivity index (χ3n) is 2.32. The van der Waals surface area contributed by atoms with E-state index in [-0.39, 0.29) is 0 Å². The van der Waals surface area contributed by atoms with E-state index in [1.54, 1.807) is 11.3 Å². The first-order chi connectivity index (χ1) is 6.45. The van der Waals surface area contributed by atoms with Gasteiger partial charge in [-0.05, 0) is 19.3 Å². The summed E-state index contributed by atoms with van der Waals surface area (Å²) in [4.78, 5) is 5.38. The molecular weight excluding hydrogens is 180 g/mol. The van der Waals surface area contributed by atoms with E-state index in [0.29, 0.717) is 6.04 Å². The lowest BCUT2D eigenvalue weighted by Gasteiger charge is -2.18. The molecule has 0 spiro atoms. The normalized spacial score (nSPS) is 22.0. The third-order valence-corrected chi connectivity index (χ3v) is 3.10. The standard InChI is InChI=1S/C10H14N2S/c1-2-4-9(5-3-1)12-7-10-6-11-8-13-10/h1-2,6,8-9,12H,3-5,7H2. The Labute approximate surface area is 82.7 Å². The van der Waals surface area contributed by atoms with E-state index in [9.17, 15) is 0 Å². The Hall–Kier alpha value is -0.670. The lowest BCUT2D eigenvalue weighted by molar-refractivity contribution is 0.476. The number of allylic oxidation sites excluding steroid dienone is 1. The molecule has 0 aromatic carbocycles. The number of nitrogens with one attached hydrogen (secondary N) is 1. The first kappa shape index (κ1) is 8.91. The number of thiazole rings is 1. The molecule has 13 heavy (non-hydrogen) atoms. The van der Waals surface area contributed by atoms with Crippen LogP contribution < -0.4 is 5.32 Å². The third kappa shape index (κ3) is 2.64. The number of rotatable bonds is 3. The minimum Gasteiger partial charge on any atom is -0.309 e. The fraction of sp³-hybridized carbons (Fsp3) is 0.500. The quantitative estimate of drug-likeness (QED) is 0.747. The summed E-state index contributed by atoms with van der Waals surface area (Å²) in [6.45, 7) is 0.975. The van der Waals surface area contributed by atoms with Crippen LogP contribution in [0.25, 0.3) is 0 Å². The van der Waals surface area contributed by atoms with Crippen molar-refractivity contribution < 1.29 is 0 Å². The molecule has 0 saturated carbocycles. The number of nitrogens with zero attached hydrogens (tertiary/aromatic N) is 1. The van der Waals surface area contributed by atoms with Gasteiger partial charge in [-0.2, -0.15) is 0 Å². The van der Waals surface area contributed by atoms with E-state index in [0.717, 1.165) is 6.54 Å². The van der Waals surface area contributed by atoms with Crippen molar-refractivity contribution in [3.63, 3.8) is 0 Å². The van der Waals surface area contributed by atoms with Crippen LogP contribution in [0.4, 0.5) is 0 Å². The summed E-state index contributed by atoms with van der Waals surface area (Å²) in [6.07, 6.45) is 10.2. The average Bonchev–Trinajstić information content (AvgIpc) is 2.69. The molecule has 3 heteroatoms. The van der Waals surface area contributed by atoms with Gasteiger partial charge in [-0.1, -0.05) is 12.2 Å². The summed E-state index contributed by atoms with van der Waals surface area (Å²) in [6, 6.07) is 0.673. The second kappa shape index (κ2) is 4.53. The molecule has 1 heterocycles. The van der Waals surface area contributed by atoms with E-state index in [1.807, 2.05) is 11.7 Å². The van der Waals surface area contributed by atoms with Crippen LogP contribution in [-0.4, -0.2) is 11.0 Å². The van der Waals surface area contributed by atoms with Crippen LogP contribution in [0.2, 0.25) is 0 Å². The molecule has 0 bridgehead atoms. The number of hydrogen-bond acceptors (Lipinski definition) is 3. The van der Waals surface area contributed by atoms with Crippen LogP contribution in [-0.2, 0) is 6.54 Å². The summed E-state index contributed by atoms with van der Waals surface area (Å²) in [5.74, 6) is 0. The maximum absolute atomic E-state index is 4.05. The van der Waals surface area contributed by atoms with Crippen LogP contribution >= 0.6 is 11.3 Å². The van der Waals surface area contributed by atoms with Crippen LogP contribution in [0.1, 0.15) is 24.1 Å². The highest BCUT2D eigenvalue weighted by Gasteiger charge is 2.08. The van der Waals surface area contributed by atoms with E-state index >= 15 is 0 Å². The Morgan fingerprint density at radius 2 is 2.54 bits per heavy atom. The van der Waals surface area contributed by atoms with Crippen molar-refractivity contribution in [3.8, 4) is 0 Å². The van der Waals surface area contributed by atoms with E-state index in [1.165, 1.54) is 24.1 Å². The highest BCUT2D eigenvalue weighted by atomic mass is 32.1. The second-order valence-electron chi connectivity index (χ2n) is 3.33. The van der Waals surface area contributed by atoms with Gasteiger partial charge in [0.25, 0.3) is 0 Å². The van der Waals surface area contributed by atoms with Crippen LogP contribution in [0.5, 0.6) is 0 Å². The fourth-order valence-corrected chi connectivity index (χ4v) is 2.10. The maximum Gasteiger partial charge on any atom is 0.0794 e. The van der Waals surface area contributed by atoms with E-state index < -0.39 is 0 Å². The molecule has 0 aliphatic heterocycles. The molecule has 2 nitrogen and oxygen atoms in total. The Balaban J connectivity index is 1.76. The molecule has 0 radical (unpaired) electrons. The summed E-state index contributed by atoms with van der Waals surface area (Å²) in [5.41, 5.74) is 1.89. The average molecular weight is 194 g/mol. The molecule has 1 aliphatic carbocycles. The minimum absolute atomic E-state index is 0.673. The van der Waals surface area contributed by atoms with Gasteiger partial charge in [0.2, 0.25) is 0 Å². The van der Waals surface area contributed by atoms with Crippen molar-refractivity contribution >= 4 is 11.3 Å². The Kier molecular flexibility index (Phi) is 3.11. The maximum atomic E-state index is 4.05. The topological polar surface area (TPSA) is 24.9 Å². The van der Waals surface area contributed by atoms with Gasteiger partial charge in [-0.15, -0.1) is 11.3 Å². The largest absolute Gasteiger partial charge is 0.309 e. The molecule has 70 valence electrons. The zero-order valence-electron chi connectivity index (χ0n) is 7.57. The molecule has 1 aliphatic rings. The van der Waals surface area contributed by atoms with Gasteiger partial charge >= 0.3 is 0 Å². The molecule has 1 atom stereocenters. The minimum atomic E-state index is 0.673. The molecule has 1 N–H and O–H groups in total. The van der Waals surface area contributed by atoms with Crippen LogP contribution in [0, 0.1) is 0 Å².